The Morgan fingerprint density at radius 3 is 2.62 bits per heavy atom. The molecule has 1 unspecified atom stereocenters. The van der Waals surface area contributed by atoms with E-state index in [1.807, 2.05) is 0 Å². The van der Waals surface area contributed by atoms with Crippen LogP contribution in [0.25, 0.3) is 0 Å². The number of non-ortho nitro benzene ring substituents is 1. The number of hydrogen-bond donors (Lipinski definition) is 2. The molecule has 1 aromatic carbocycles. The van der Waals surface area contributed by atoms with Crippen molar-refractivity contribution in [3.8, 4) is 0 Å². The first-order chi connectivity index (χ1) is 18.5. The van der Waals surface area contributed by atoms with E-state index in [2.05, 4.69) is 15.6 Å². The third-order valence-corrected chi connectivity index (χ3v) is 8.02. The van der Waals surface area contributed by atoms with Crippen LogP contribution < -0.4 is 15.5 Å². The summed E-state index contributed by atoms with van der Waals surface area (Å²) in [6.07, 6.45) is -2.26. The maximum absolute atomic E-state index is 14.3. The van der Waals surface area contributed by atoms with E-state index in [4.69, 9.17) is 11.6 Å². The van der Waals surface area contributed by atoms with Gasteiger partial charge in [0.15, 0.2) is 0 Å². The molecule has 13 heteroatoms. The van der Waals surface area contributed by atoms with Crippen molar-refractivity contribution >= 4 is 34.7 Å². The van der Waals surface area contributed by atoms with Gasteiger partial charge in [-0.3, -0.25) is 14.9 Å². The van der Waals surface area contributed by atoms with Gasteiger partial charge >= 0.3 is 0 Å². The Hall–Kier alpha value is -2.99. The van der Waals surface area contributed by atoms with Gasteiger partial charge < -0.3 is 15.5 Å². The van der Waals surface area contributed by atoms with Crippen molar-refractivity contribution in [3.05, 3.63) is 57.2 Å². The summed E-state index contributed by atoms with van der Waals surface area (Å²) in [5.74, 6) is -4.07. The number of piperidine rings is 2. The molecule has 39 heavy (non-hydrogen) atoms. The predicted octanol–water partition coefficient (Wildman–Crippen LogP) is 6.16. The number of nitrogens with one attached hydrogen (secondary N) is 2. The second-order valence-corrected chi connectivity index (χ2v) is 10.6. The molecule has 212 valence electrons. The number of nitro benzene ring substituents is 1. The van der Waals surface area contributed by atoms with Gasteiger partial charge in [-0.05, 0) is 43.9 Å². The number of pyridine rings is 1. The van der Waals surface area contributed by atoms with Crippen LogP contribution in [0.15, 0.2) is 36.4 Å². The van der Waals surface area contributed by atoms with E-state index < -0.39 is 34.5 Å². The monoisotopic (exact) mass is 571 g/mol. The molecule has 8 nitrogen and oxygen atoms in total. The molecule has 1 amide bonds. The Kier molecular flexibility index (Phi) is 8.95. The largest absolute Gasteiger partial charge is 0.371 e. The van der Waals surface area contributed by atoms with E-state index in [0.717, 1.165) is 0 Å². The van der Waals surface area contributed by atoms with Crippen molar-refractivity contribution in [3.63, 3.8) is 0 Å². The Labute approximate surface area is 228 Å². The summed E-state index contributed by atoms with van der Waals surface area (Å²) in [4.78, 5) is 29.6. The molecule has 0 aliphatic carbocycles. The number of benzene rings is 1. The highest BCUT2D eigenvalue weighted by Gasteiger charge is 2.45. The van der Waals surface area contributed by atoms with Gasteiger partial charge in [0, 0.05) is 56.1 Å². The summed E-state index contributed by atoms with van der Waals surface area (Å²) in [5.41, 5.74) is -1.21. The second-order valence-electron chi connectivity index (χ2n) is 10.2. The maximum Gasteiger partial charge on any atom is 0.271 e. The number of nitrogens with zero attached hydrogens (tertiary/aromatic N) is 3. The highest BCUT2D eigenvalue weighted by Crippen LogP contribution is 2.45. The number of carbonyl (C=O) groups is 1. The van der Waals surface area contributed by atoms with Crippen LogP contribution in [-0.2, 0) is 0 Å². The van der Waals surface area contributed by atoms with E-state index in [1.165, 1.54) is 30.3 Å². The molecule has 2 N–H and O–H groups in total. The quantitative estimate of drug-likeness (QED) is 0.162. The fourth-order valence-electron chi connectivity index (χ4n) is 5.42. The minimum Gasteiger partial charge on any atom is -0.371 e. The number of carbonyl (C=O) groups excluding carboxylic acids is 1. The fraction of sp³-hybridized carbons (Fsp3) is 0.538. The summed E-state index contributed by atoms with van der Waals surface area (Å²) >= 11 is 5.88. The average molecular weight is 572 g/mol. The summed E-state index contributed by atoms with van der Waals surface area (Å²) in [6.45, 7) is 0.670. The van der Waals surface area contributed by atoms with Crippen molar-refractivity contribution in [2.24, 2.45) is 11.3 Å². The Morgan fingerprint density at radius 1 is 1.23 bits per heavy atom. The highest BCUT2D eigenvalue weighted by atomic mass is 35.5. The molecule has 3 heterocycles. The lowest BCUT2D eigenvalue weighted by molar-refractivity contribution is -0.384. The molecule has 0 radical (unpaired) electrons. The van der Waals surface area contributed by atoms with Crippen LogP contribution >= 0.6 is 11.6 Å². The molecule has 0 saturated carbocycles. The highest BCUT2D eigenvalue weighted by molar-refractivity contribution is 6.29. The van der Waals surface area contributed by atoms with Gasteiger partial charge in [-0.1, -0.05) is 24.1 Å². The van der Waals surface area contributed by atoms with Gasteiger partial charge in [-0.2, -0.15) is 0 Å². The number of hydrogen-bond acceptors (Lipinski definition) is 6. The van der Waals surface area contributed by atoms with Crippen molar-refractivity contribution in [1.82, 2.24) is 10.3 Å². The average Bonchev–Trinajstić information content (AvgIpc) is 2.89. The maximum atomic E-state index is 14.3. The van der Waals surface area contributed by atoms with E-state index in [-0.39, 0.29) is 92.6 Å². The molecular formula is C26H30ClF4N5O3. The lowest BCUT2D eigenvalue weighted by Gasteiger charge is -2.43. The molecule has 2 aliphatic rings. The molecule has 2 aliphatic heterocycles. The molecule has 0 spiro atoms. The normalized spacial score (nSPS) is 20.6. The van der Waals surface area contributed by atoms with Gasteiger partial charge in [0.05, 0.1) is 16.2 Å². The standard InChI is InChI=1S/C26H30ClF4N5O3/c27-21-4-1-5-22(33-21)34-23(37)19-7-6-18(36(38)39)15-20(19)35-13-10-25(11-14-35,24(28)29)8-2-3-17-16-32-12-9-26(17,30)31/h1,4-7,15,17,24,32H,2-3,8-14,16H2,(H,33,34,37). The van der Waals surface area contributed by atoms with Crippen molar-refractivity contribution in [2.75, 3.05) is 36.4 Å². The summed E-state index contributed by atoms with van der Waals surface area (Å²) in [7, 11) is 0. The molecule has 1 aromatic heterocycles. The van der Waals surface area contributed by atoms with Crippen LogP contribution in [0, 0.1) is 21.4 Å². The van der Waals surface area contributed by atoms with Gasteiger partial charge in [0.1, 0.15) is 11.0 Å². The zero-order valence-electron chi connectivity index (χ0n) is 21.1. The van der Waals surface area contributed by atoms with Crippen LogP contribution in [0.2, 0.25) is 5.15 Å². The van der Waals surface area contributed by atoms with Crippen molar-refractivity contribution < 1.29 is 27.3 Å². The minimum atomic E-state index is -2.80. The number of nitro groups is 1. The molecule has 2 fully saturated rings. The molecule has 4 rings (SSSR count). The van der Waals surface area contributed by atoms with Crippen molar-refractivity contribution in [2.45, 2.75) is 50.9 Å². The third kappa shape index (κ3) is 6.78. The molecule has 0 bridgehead atoms. The predicted molar refractivity (Wildman–Crippen MR) is 140 cm³/mol. The van der Waals surface area contributed by atoms with E-state index in [9.17, 15) is 32.5 Å². The number of halogens is 5. The topological polar surface area (TPSA) is 100 Å². The first kappa shape index (κ1) is 29.0. The van der Waals surface area contributed by atoms with Gasteiger partial charge in [0.2, 0.25) is 6.43 Å². The lowest BCUT2D eigenvalue weighted by Crippen LogP contribution is -2.46. The third-order valence-electron chi connectivity index (χ3n) is 7.81. The van der Waals surface area contributed by atoms with Gasteiger partial charge in [-0.25, -0.2) is 22.5 Å². The first-order valence-corrected chi connectivity index (χ1v) is 13.2. The molecular weight excluding hydrogens is 542 g/mol. The van der Waals surface area contributed by atoms with Crippen LogP contribution in [0.4, 0.5) is 34.8 Å². The van der Waals surface area contributed by atoms with Crippen LogP contribution in [-0.4, -0.2) is 54.3 Å². The first-order valence-electron chi connectivity index (χ1n) is 12.8. The summed E-state index contributed by atoms with van der Waals surface area (Å²) < 4.78 is 57.0. The van der Waals surface area contributed by atoms with E-state index in [1.54, 1.807) is 11.0 Å². The Bertz CT molecular complexity index is 1190. The summed E-state index contributed by atoms with van der Waals surface area (Å²) in [5, 5.41) is 17.2. The van der Waals surface area contributed by atoms with Crippen LogP contribution in [0.1, 0.15) is 48.9 Å². The summed E-state index contributed by atoms with van der Waals surface area (Å²) in [6, 6.07) is 8.45. The smallest absolute Gasteiger partial charge is 0.271 e. The van der Waals surface area contributed by atoms with Gasteiger partial charge in [-0.15, -0.1) is 0 Å². The number of alkyl halides is 4. The second kappa shape index (κ2) is 12.0. The Morgan fingerprint density at radius 2 is 1.97 bits per heavy atom. The molecule has 2 saturated heterocycles. The van der Waals surface area contributed by atoms with Crippen molar-refractivity contribution in [1.29, 1.82) is 0 Å². The van der Waals surface area contributed by atoms with E-state index >= 15 is 0 Å². The molecule has 1 atom stereocenters. The zero-order chi connectivity index (χ0) is 28.2. The minimum absolute atomic E-state index is 0.0591. The van der Waals surface area contributed by atoms with Crippen LogP contribution in [0.3, 0.4) is 0 Å². The number of rotatable bonds is 9. The Balaban J connectivity index is 1.48. The van der Waals surface area contributed by atoms with E-state index in [0.29, 0.717) is 0 Å². The molecule has 2 aromatic rings. The van der Waals surface area contributed by atoms with Crippen LogP contribution in [0.5, 0.6) is 0 Å². The fourth-order valence-corrected chi connectivity index (χ4v) is 5.58. The SMILES string of the molecule is O=C(Nc1cccc(Cl)n1)c1ccc([N+](=O)[O-])cc1N1CCC(CCCC2CNCCC2(F)F)(C(F)F)CC1. The number of aromatic nitrogens is 1. The lowest BCUT2D eigenvalue weighted by atomic mass is 9.73. The van der Waals surface area contributed by atoms with Gasteiger partial charge in [0.25, 0.3) is 17.5 Å². The number of amides is 1. The zero-order valence-corrected chi connectivity index (χ0v) is 21.9. The number of anilines is 2.